The predicted octanol–water partition coefficient (Wildman–Crippen LogP) is -0.0377. The van der Waals surface area contributed by atoms with Crippen LogP contribution in [0.4, 0.5) is 0 Å². The molecule has 0 radical (unpaired) electrons. The second-order valence-electron chi connectivity index (χ2n) is 3.50. The Morgan fingerprint density at radius 1 is 1.22 bits per heavy atom. The van der Waals surface area contributed by atoms with Crippen LogP contribution in [0.25, 0.3) is 0 Å². The van der Waals surface area contributed by atoms with E-state index in [4.69, 9.17) is 11.5 Å². The first-order valence-electron chi connectivity index (χ1n) is 4.95. The highest BCUT2D eigenvalue weighted by molar-refractivity contribution is 7.09. The zero-order valence-corrected chi connectivity index (χ0v) is 10.1. The lowest BCUT2D eigenvalue weighted by atomic mass is 10.4. The van der Waals surface area contributed by atoms with Crippen LogP contribution in [0.5, 0.6) is 0 Å². The smallest absolute Gasteiger partial charge is 0.261 e. The highest BCUT2D eigenvalue weighted by atomic mass is 32.1. The quantitative estimate of drug-likeness (QED) is 0.451. The average molecular weight is 271 g/mol. The molecule has 18 heavy (non-hydrogen) atoms. The molecule has 0 aliphatic carbocycles. The summed E-state index contributed by atoms with van der Waals surface area (Å²) in [7, 11) is 0. The van der Waals surface area contributed by atoms with Gasteiger partial charge in [0.2, 0.25) is 0 Å². The van der Waals surface area contributed by atoms with Crippen LogP contribution >= 0.6 is 11.3 Å². The number of hydrogen-bond acceptors (Lipinski definition) is 9. The standard InChI is InChI=1S/C9H13N5O3S/c10-6-8(12-4-5-2-1-3-18-5)14(17)9(15)7(11)13(6)16/h1-3,12,15-17H,4,10-11H2. The summed E-state index contributed by atoms with van der Waals surface area (Å²) in [5, 5.41) is 34.1. The van der Waals surface area contributed by atoms with Crippen molar-refractivity contribution in [1.82, 2.24) is 15.4 Å². The van der Waals surface area contributed by atoms with Crippen molar-refractivity contribution in [2.45, 2.75) is 6.54 Å². The number of aliphatic hydroxyl groups is 1. The molecule has 0 amide bonds. The van der Waals surface area contributed by atoms with Gasteiger partial charge >= 0.3 is 0 Å². The largest absolute Gasteiger partial charge is 0.490 e. The number of nitrogens with zero attached hydrogens (tertiary/aromatic N) is 2. The summed E-state index contributed by atoms with van der Waals surface area (Å²) in [6, 6.07) is 3.77. The van der Waals surface area contributed by atoms with Crippen molar-refractivity contribution in [3.8, 4) is 0 Å². The van der Waals surface area contributed by atoms with Crippen LogP contribution in [0.2, 0.25) is 0 Å². The zero-order valence-electron chi connectivity index (χ0n) is 9.24. The molecule has 0 fully saturated rings. The van der Waals surface area contributed by atoms with Gasteiger partial charge in [-0.15, -0.1) is 11.3 Å². The molecule has 0 aromatic carbocycles. The average Bonchev–Trinajstić information content (AvgIpc) is 2.87. The third kappa shape index (κ3) is 2.01. The number of thiophene rings is 1. The van der Waals surface area contributed by atoms with Crippen LogP contribution in [0.15, 0.2) is 40.9 Å². The van der Waals surface area contributed by atoms with E-state index in [0.717, 1.165) is 4.88 Å². The number of hydroxylamine groups is 4. The van der Waals surface area contributed by atoms with Gasteiger partial charge in [-0.3, -0.25) is 10.4 Å². The van der Waals surface area contributed by atoms with Crippen LogP contribution in [0.3, 0.4) is 0 Å². The summed E-state index contributed by atoms with van der Waals surface area (Å²) < 4.78 is 0. The molecular formula is C9H13N5O3S. The van der Waals surface area contributed by atoms with E-state index in [1.807, 2.05) is 17.5 Å². The van der Waals surface area contributed by atoms with E-state index >= 15 is 0 Å². The summed E-state index contributed by atoms with van der Waals surface area (Å²) in [4.78, 5) is 0.996. The van der Waals surface area contributed by atoms with Crippen molar-refractivity contribution in [1.29, 1.82) is 0 Å². The van der Waals surface area contributed by atoms with Crippen LogP contribution in [-0.4, -0.2) is 25.6 Å². The first-order chi connectivity index (χ1) is 8.52. The molecule has 1 aromatic heterocycles. The maximum atomic E-state index is 9.64. The van der Waals surface area contributed by atoms with Gasteiger partial charge in [-0.2, -0.15) is 10.1 Å². The van der Waals surface area contributed by atoms with E-state index in [2.05, 4.69) is 5.32 Å². The summed E-state index contributed by atoms with van der Waals surface area (Å²) in [5.41, 5.74) is 10.9. The number of aliphatic hydroxyl groups excluding tert-OH is 1. The fourth-order valence-corrected chi connectivity index (χ4v) is 2.04. The van der Waals surface area contributed by atoms with E-state index in [1.54, 1.807) is 0 Å². The third-order valence-corrected chi connectivity index (χ3v) is 3.23. The Balaban J connectivity index is 2.16. The van der Waals surface area contributed by atoms with Gasteiger partial charge in [0, 0.05) is 4.88 Å². The van der Waals surface area contributed by atoms with Gasteiger partial charge in [-0.1, -0.05) is 6.07 Å². The molecule has 0 atom stereocenters. The van der Waals surface area contributed by atoms with Crippen molar-refractivity contribution in [3.63, 3.8) is 0 Å². The Bertz CT molecular complexity index is 498. The van der Waals surface area contributed by atoms with Crippen molar-refractivity contribution in [2.75, 3.05) is 0 Å². The summed E-state index contributed by atoms with van der Waals surface area (Å²) >= 11 is 1.51. The first kappa shape index (κ1) is 12.4. The van der Waals surface area contributed by atoms with Crippen molar-refractivity contribution in [2.24, 2.45) is 11.5 Å². The van der Waals surface area contributed by atoms with Gasteiger partial charge in [0.25, 0.3) is 5.88 Å². The Morgan fingerprint density at radius 3 is 2.56 bits per heavy atom. The number of nitrogens with one attached hydrogen (secondary N) is 1. The molecule has 0 unspecified atom stereocenters. The molecule has 1 aliphatic rings. The molecule has 2 rings (SSSR count). The lowest BCUT2D eigenvalue weighted by molar-refractivity contribution is -0.112. The lowest BCUT2D eigenvalue weighted by Crippen LogP contribution is -2.44. The molecule has 8 nitrogen and oxygen atoms in total. The minimum absolute atomic E-state index is 0.0578. The Kier molecular flexibility index (Phi) is 3.19. The van der Waals surface area contributed by atoms with Gasteiger partial charge in [-0.05, 0) is 11.4 Å². The number of hydrogen-bond donors (Lipinski definition) is 6. The summed E-state index contributed by atoms with van der Waals surface area (Å²) in [6.07, 6.45) is 0. The fraction of sp³-hybridized carbons (Fsp3) is 0.111. The van der Waals surface area contributed by atoms with E-state index in [0.29, 0.717) is 16.7 Å². The Hall–Kier alpha value is -2.10. The Morgan fingerprint density at radius 2 is 1.94 bits per heavy atom. The molecule has 0 saturated heterocycles. The second kappa shape index (κ2) is 4.64. The molecule has 8 N–H and O–H groups in total. The fourth-order valence-electron chi connectivity index (χ4n) is 1.40. The molecular weight excluding hydrogens is 258 g/mol. The van der Waals surface area contributed by atoms with Crippen molar-refractivity contribution in [3.05, 3.63) is 45.7 Å². The van der Waals surface area contributed by atoms with Crippen molar-refractivity contribution < 1.29 is 15.5 Å². The topological polar surface area (TPSA) is 131 Å². The molecule has 2 heterocycles. The SMILES string of the molecule is NC1=C(O)N(O)C(NCc2cccs2)=C(N)N1O. The molecule has 1 aromatic rings. The molecule has 0 bridgehead atoms. The van der Waals surface area contributed by atoms with Crippen molar-refractivity contribution >= 4 is 11.3 Å². The van der Waals surface area contributed by atoms with Crippen LogP contribution in [0.1, 0.15) is 4.88 Å². The first-order valence-corrected chi connectivity index (χ1v) is 5.83. The molecule has 1 aliphatic heterocycles. The van der Waals surface area contributed by atoms with Gasteiger partial charge in [-0.25, -0.2) is 0 Å². The zero-order chi connectivity index (χ0) is 13.3. The monoisotopic (exact) mass is 271 g/mol. The minimum Gasteiger partial charge on any atom is -0.490 e. The van der Waals surface area contributed by atoms with E-state index in [9.17, 15) is 15.5 Å². The molecule has 9 heteroatoms. The third-order valence-electron chi connectivity index (χ3n) is 2.35. The second-order valence-corrected chi connectivity index (χ2v) is 4.53. The molecule has 98 valence electrons. The predicted molar refractivity (Wildman–Crippen MR) is 63.5 cm³/mol. The number of nitrogens with two attached hydrogens (primary N) is 2. The maximum Gasteiger partial charge on any atom is 0.261 e. The van der Waals surface area contributed by atoms with E-state index in [-0.39, 0.29) is 11.6 Å². The minimum atomic E-state index is -0.708. The lowest BCUT2D eigenvalue weighted by Gasteiger charge is -2.31. The van der Waals surface area contributed by atoms with Crippen LogP contribution in [-0.2, 0) is 6.54 Å². The number of rotatable bonds is 3. The van der Waals surface area contributed by atoms with Crippen LogP contribution in [0, 0.1) is 0 Å². The Labute approximate surface area is 107 Å². The van der Waals surface area contributed by atoms with Gasteiger partial charge in [0.1, 0.15) is 0 Å². The molecule has 0 spiro atoms. The van der Waals surface area contributed by atoms with Gasteiger partial charge in [0.15, 0.2) is 17.5 Å². The van der Waals surface area contributed by atoms with Crippen LogP contribution < -0.4 is 16.8 Å². The highest BCUT2D eigenvalue weighted by Crippen LogP contribution is 2.20. The normalized spacial score (nSPS) is 16.6. The van der Waals surface area contributed by atoms with Gasteiger partial charge < -0.3 is 21.9 Å². The molecule has 0 saturated carbocycles. The maximum absolute atomic E-state index is 9.64. The van der Waals surface area contributed by atoms with E-state index in [1.165, 1.54) is 11.3 Å². The summed E-state index contributed by atoms with van der Waals surface area (Å²) in [6.45, 7) is 0.381. The summed E-state index contributed by atoms with van der Waals surface area (Å²) in [5.74, 6) is -1.45. The van der Waals surface area contributed by atoms with E-state index < -0.39 is 11.7 Å². The highest BCUT2D eigenvalue weighted by Gasteiger charge is 2.29. The van der Waals surface area contributed by atoms with Gasteiger partial charge in [0.05, 0.1) is 6.54 Å².